The molecule has 4 rings (SSSR count). The maximum Gasteiger partial charge on any atom is 0.264 e. The second-order valence-electron chi connectivity index (χ2n) is 6.90. The monoisotopic (exact) mass is 408 g/mol. The molecule has 0 bridgehead atoms. The molecule has 29 heavy (non-hydrogen) atoms. The minimum atomic E-state index is -0.619. The topological polar surface area (TPSA) is 103 Å². The van der Waals surface area contributed by atoms with Crippen molar-refractivity contribution in [3.63, 3.8) is 0 Å². The fraction of sp³-hybridized carbons (Fsp3) is 0.238. The van der Waals surface area contributed by atoms with E-state index >= 15 is 0 Å². The maximum absolute atomic E-state index is 12.6. The van der Waals surface area contributed by atoms with Gasteiger partial charge in [0.25, 0.3) is 11.8 Å². The summed E-state index contributed by atoms with van der Waals surface area (Å²) in [5.74, 6) is -0.579. The van der Waals surface area contributed by atoms with Crippen molar-refractivity contribution in [3.05, 3.63) is 77.1 Å². The molecule has 2 aromatic carbocycles. The van der Waals surface area contributed by atoms with Crippen molar-refractivity contribution in [2.75, 3.05) is 11.1 Å². The van der Waals surface area contributed by atoms with Gasteiger partial charge in [0.2, 0.25) is 0 Å². The minimum Gasteiger partial charge on any atom is -0.509 e. The van der Waals surface area contributed by atoms with Gasteiger partial charge in [-0.05, 0) is 48.0 Å². The Balaban J connectivity index is 1.40. The van der Waals surface area contributed by atoms with Crippen LogP contribution in [0, 0.1) is 0 Å². The number of rotatable bonds is 6. The van der Waals surface area contributed by atoms with Crippen LogP contribution in [0.4, 0.5) is 5.69 Å². The van der Waals surface area contributed by atoms with Crippen LogP contribution < -0.4 is 10.6 Å². The number of carbonyl (C=O) groups excluding carboxylic acids is 2. The van der Waals surface area contributed by atoms with Gasteiger partial charge < -0.3 is 15.7 Å². The Bertz CT molecular complexity index is 973. The first kappa shape index (κ1) is 19.2. The van der Waals surface area contributed by atoms with Gasteiger partial charge in [0.05, 0.1) is 6.04 Å². The Morgan fingerprint density at radius 1 is 1.17 bits per heavy atom. The Kier molecular flexibility index (Phi) is 5.62. The molecule has 3 N–H and O–H groups in total. The second-order valence-corrected chi connectivity index (χ2v) is 7.65. The van der Waals surface area contributed by atoms with E-state index in [-0.39, 0.29) is 17.4 Å². The van der Waals surface area contributed by atoms with Crippen molar-refractivity contribution in [3.8, 4) is 0 Å². The number of nitrogens with one attached hydrogen (secondary N) is 2. The van der Waals surface area contributed by atoms with Crippen LogP contribution >= 0.6 is 11.9 Å². The fourth-order valence-electron chi connectivity index (χ4n) is 3.35. The number of benzene rings is 2. The van der Waals surface area contributed by atoms with Gasteiger partial charge in [-0.25, -0.2) is 0 Å². The van der Waals surface area contributed by atoms with Gasteiger partial charge in [0.15, 0.2) is 0 Å². The summed E-state index contributed by atoms with van der Waals surface area (Å²) in [6.07, 6.45) is 1.20. The SMILES string of the molecule is O=C(Nc1ccc(C2CSN=N2)cc1)C1=C(O)C(CCc2ccccc2)NC1=O. The lowest BCUT2D eigenvalue weighted by Gasteiger charge is -2.10. The summed E-state index contributed by atoms with van der Waals surface area (Å²) in [5.41, 5.74) is 2.43. The molecule has 2 aromatic rings. The average Bonchev–Trinajstić information content (AvgIpc) is 3.36. The van der Waals surface area contributed by atoms with E-state index < -0.39 is 17.9 Å². The minimum absolute atomic E-state index is 0.0301. The smallest absolute Gasteiger partial charge is 0.264 e. The maximum atomic E-state index is 12.6. The summed E-state index contributed by atoms with van der Waals surface area (Å²) in [7, 11) is 0. The number of hydrogen-bond acceptors (Lipinski definition) is 6. The fourth-order valence-corrected chi connectivity index (χ4v) is 3.99. The van der Waals surface area contributed by atoms with Gasteiger partial charge in [0, 0.05) is 11.4 Å². The van der Waals surface area contributed by atoms with E-state index in [0.717, 1.165) is 16.9 Å². The van der Waals surface area contributed by atoms with Crippen molar-refractivity contribution in [2.24, 2.45) is 9.63 Å². The molecule has 2 aliphatic heterocycles. The van der Waals surface area contributed by atoms with E-state index in [1.165, 1.54) is 11.9 Å². The third kappa shape index (κ3) is 4.32. The van der Waals surface area contributed by atoms with Crippen molar-refractivity contribution in [1.82, 2.24) is 5.32 Å². The number of aryl methyl sites for hydroxylation is 1. The number of aliphatic hydroxyl groups is 1. The number of nitrogens with zero attached hydrogens (tertiary/aromatic N) is 2. The zero-order valence-corrected chi connectivity index (χ0v) is 16.4. The van der Waals surface area contributed by atoms with Crippen LogP contribution in [-0.2, 0) is 16.0 Å². The molecule has 0 saturated carbocycles. The number of carbonyl (C=O) groups is 2. The van der Waals surface area contributed by atoms with Crippen LogP contribution in [0.15, 0.2) is 75.6 Å². The highest BCUT2D eigenvalue weighted by molar-refractivity contribution is 7.98. The Morgan fingerprint density at radius 3 is 2.62 bits per heavy atom. The molecule has 0 fully saturated rings. The predicted octanol–water partition coefficient (Wildman–Crippen LogP) is 3.72. The lowest BCUT2D eigenvalue weighted by molar-refractivity contribution is -0.120. The summed E-state index contributed by atoms with van der Waals surface area (Å²) < 4.78 is 3.92. The molecule has 7 nitrogen and oxygen atoms in total. The first-order valence-corrected chi connectivity index (χ1v) is 10.3. The molecule has 0 spiro atoms. The van der Waals surface area contributed by atoms with Gasteiger partial charge >= 0.3 is 0 Å². The van der Waals surface area contributed by atoms with E-state index in [2.05, 4.69) is 20.3 Å². The lowest BCUT2D eigenvalue weighted by atomic mass is 10.0. The summed E-state index contributed by atoms with van der Waals surface area (Å²) in [5, 5.41) is 19.9. The molecular weight excluding hydrogens is 388 g/mol. The molecule has 148 valence electrons. The van der Waals surface area contributed by atoms with E-state index in [9.17, 15) is 14.7 Å². The van der Waals surface area contributed by atoms with E-state index in [1.54, 1.807) is 12.1 Å². The van der Waals surface area contributed by atoms with E-state index in [4.69, 9.17) is 0 Å². The average molecular weight is 408 g/mol. The van der Waals surface area contributed by atoms with Crippen LogP contribution in [0.5, 0.6) is 0 Å². The van der Waals surface area contributed by atoms with E-state index in [1.807, 2.05) is 42.5 Å². The lowest BCUT2D eigenvalue weighted by Crippen LogP contribution is -2.30. The Hall–Kier alpha value is -3.13. The molecule has 0 aliphatic carbocycles. The van der Waals surface area contributed by atoms with Gasteiger partial charge in [-0.3, -0.25) is 9.59 Å². The quantitative estimate of drug-likeness (QED) is 0.501. The number of amides is 2. The first-order chi connectivity index (χ1) is 14.1. The zero-order chi connectivity index (χ0) is 20.2. The van der Waals surface area contributed by atoms with Gasteiger partial charge in [0.1, 0.15) is 17.4 Å². The van der Waals surface area contributed by atoms with Crippen LogP contribution in [0.1, 0.15) is 23.6 Å². The standard InChI is InChI=1S/C21H20N4O3S/c26-19-16(11-6-13-4-2-1-3-5-13)23-21(28)18(19)20(27)22-15-9-7-14(8-10-15)17-12-29-25-24-17/h1-5,7-10,16-17,26H,6,11-12H2,(H,22,27)(H,23,28). The molecule has 2 aliphatic rings. The first-order valence-electron chi connectivity index (χ1n) is 9.33. The molecule has 2 atom stereocenters. The van der Waals surface area contributed by atoms with Crippen molar-refractivity contribution in [1.29, 1.82) is 0 Å². The predicted molar refractivity (Wildman–Crippen MR) is 111 cm³/mol. The molecule has 0 aromatic heterocycles. The van der Waals surface area contributed by atoms with Crippen LogP contribution in [0.25, 0.3) is 0 Å². The molecule has 0 saturated heterocycles. The summed E-state index contributed by atoms with van der Waals surface area (Å²) in [6.45, 7) is 0. The number of aliphatic hydroxyl groups excluding tert-OH is 1. The van der Waals surface area contributed by atoms with Crippen LogP contribution in [0.2, 0.25) is 0 Å². The zero-order valence-electron chi connectivity index (χ0n) is 15.5. The third-order valence-electron chi connectivity index (χ3n) is 4.94. The molecule has 0 radical (unpaired) electrons. The normalized spacial score (nSPS) is 20.8. The molecule has 2 heterocycles. The highest BCUT2D eigenvalue weighted by Crippen LogP contribution is 2.30. The van der Waals surface area contributed by atoms with Gasteiger partial charge in [-0.2, -0.15) is 5.11 Å². The van der Waals surface area contributed by atoms with Crippen molar-refractivity contribution < 1.29 is 14.7 Å². The van der Waals surface area contributed by atoms with Crippen molar-refractivity contribution in [2.45, 2.75) is 24.9 Å². The molecule has 2 unspecified atom stereocenters. The highest BCUT2D eigenvalue weighted by Gasteiger charge is 2.35. The van der Waals surface area contributed by atoms with E-state index in [0.29, 0.717) is 18.5 Å². The summed E-state index contributed by atoms with van der Waals surface area (Å²) in [4.78, 5) is 24.8. The highest BCUT2D eigenvalue weighted by atomic mass is 32.2. The Labute approximate surface area is 172 Å². The second kappa shape index (κ2) is 8.48. The summed E-state index contributed by atoms with van der Waals surface area (Å²) in [6, 6.07) is 16.5. The molecular formula is C21H20N4O3S. The van der Waals surface area contributed by atoms with Crippen molar-refractivity contribution >= 4 is 29.4 Å². The van der Waals surface area contributed by atoms with Crippen LogP contribution in [0.3, 0.4) is 0 Å². The number of anilines is 1. The number of hydrogen-bond donors (Lipinski definition) is 3. The summed E-state index contributed by atoms with van der Waals surface area (Å²) >= 11 is 1.42. The molecule has 8 heteroatoms. The van der Waals surface area contributed by atoms with Gasteiger partial charge in [-0.1, -0.05) is 42.5 Å². The van der Waals surface area contributed by atoms with Crippen LogP contribution in [-0.4, -0.2) is 28.7 Å². The molecule has 2 amide bonds. The Morgan fingerprint density at radius 2 is 1.93 bits per heavy atom. The largest absolute Gasteiger partial charge is 0.509 e. The van der Waals surface area contributed by atoms with Gasteiger partial charge in [-0.15, -0.1) is 4.52 Å². The third-order valence-corrected chi connectivity index (χ3v) is 5.61.